The molecule has 3 nitrogen and oxygen atoms in total. The molecule has 1 fully saturated rings. The van der Waals surface area contributed by atoms with Gasteiger partial charge >= 0.3 is 6.18 Å². The van der Waals surface area contributed by atoms with E-state index in [9.17, 15) is 13.2 Å². The summed E-state index contributed by atoms with van der Waals surface area (Å²) in [4.78, 5) is 0. The van der Waals surface area contributed by atoms with Crippen LogP contribution in [-0.4, -0.2) is 17.1 Å². The SMILES string of the molecule is CC1C=CC(OC2NNC(C(F)(F)F)S2)=CC1. The summed E-state index contributed by atoms with van der Waals surface area (Å²) in [5.41, 5.74) is 3.91. The zero-order valence-corrected chi connectivity index (χ0v) is 9.94. The fourth-order valence-electron chi connectivity index (χ4n) is 1.47. The fraction of sp³-hybridized carbons (Fsp3) is 0.600. The van der Waals surface area contributed by atoms with E-state index in [4.69, 9.17) is 4.74 Å². The minimum atomic E-state index is -4.28. The van der Waals surface area contributed by atoms with Gasteiger partial charge < -0.3 is 4.74 Å². The van der Waals surface area contributed by atoms with Gasteiger partial charge in [0, 0.05) is 0 Å². The minimum Gasteiger partial charge on any atom is -0.465 e. The third-order valence-corrected chi connectivity index (χ3v) is 3.53. The molecule has 0 aromatic carbocycles. The van der Waals surface area contributed by atoms with Gasteiger partial charge in [0.05, 0.1) is 0 Å². The van der Waals surface area contributed by atoms with Crippen LogP contribution in [0.5, 0.6) is 0 Å². The summed E-state index contributed by atoms with van der Waals surface area (Å²) in [7, 11) is 0. The maximum absolute atomic E-state index is 12.4. The summed E-state index contributed by atoms with van der Waals surface area (Å²) in [5, 5.41) is -1.63. The summed E-state index contributed by atoms with van der Waals surface area (Å²) in [6.07, 6.45) is 2.22. The second-order valence-corrected chi connectivity index (χ2v) is 5.15. The number of alkyl halides is 3. The lowest BCUT2D eigenvalue weighted by Gasteiger charge is -2.17. The van der Waals surface area contributed by atoms with Gasteiger partial charge in [-0.3, -0.25) is 0 Å². The summed E-state index contributed by atoms with van der Waals surface area (Å²) < 4.78 is 42.5. The first kappa shape index (κ1) is 12.8. The second-order valence-electron chi connectivity index (χ2n) is 3.97. The highest BCUT2D eigenvalue weighted by Crippen LogP contribution is 2.34. The van der Waals surface area contributed by atoms with Crippen LogP contribution in [0.1, 0.15) is 13.3 Å². The monoisotopic (exact) mass is 266 g/mol. The fourth-order valence-corrected chi connectivity index (χ4v) is 2.31. The standard InChI is InChI=1S/C10H13F3N2OS/c1-6-2-4-7(5-3-6)16-9-15-14-8(17-9)10(11,12)13/h2,4-6,8-9,14-15H,3H2,1H3. The molecule has 7 heteroatoms. The van der Waals surface area contributed by atoms with E-state index < -0.39 is 17.1 Å². The van der Waals surface area contributed by atoms with E-state index in [0.29, 0.717) is 23.4 Å². The molecule has 0 amide bonds. The number of hydrazine groups is 1. The Hall–Kier alpha value is -0.660. The molecule has 2 rings (SSSR count). The van der Waals surface area contributed by atoms with Gasteiger partial charge in [0.15, 0.2) is 5.37 Å². The third-order valence-electron chi connectivity index (χ3n) is 2.41. The van der Waals surface area contributed by atoms with Gasteiger partial charge in [-0.2, -0.15) is 13.2 Å². The van der Waals surface area contributed by atoms with E-state index in [1.807, 2.05) is 12.2 Å². The Labute approximate surface area is 101 Å². The number of nitrogens with one attached hydrogen (secondary N) is 2. The Bertz CT molecular complexity index is 343. The molecule has 1 aliphatic heterocycles. The van der Waals surface area contributed by atoms with Gasteiger partial charge in [-0.1, -0.05) is 24.8 Å². The number of hydrogen-bond acceptors (Lipinski definition) is 4. The first-order chi connectivity index (χ1) is 7.95. The van der Waals surface area contributed by atoms with Gasteiger partial charge in [0.25, 0.3) is 0 Å². The van der Waals surface area contributed by atoms with Crippen molar-refractivity contribution in [2.24, 2.45) is 5.92 Å². The van der Waals surface area contributed by atoms with Crippen molar-refractivity contribution in [3.8, 4) is 0 Å². The zero-order valence-electron chi connectivity index (χ0n) is 9.12. The number of rotatable bonds is 2. The van der Waals surface area contributed by atoms with Crippen LogP contribution in [0.15, 0.2) is 24.0 Å². The van der Waals surface area contributed by atoms with Gasteiger partial charge in [0.1, 0.15) is 5.76 Å². The van der Waals surface area contributed by atoms with Crippen molar-refractivity contribution < 1.29 is 17.9 Å². The molecule has 0 aromatic heterocycles. The molecule has 0 saturated carbocycles. The largest absolute Gasteiger partial charge is 0.465 e. The molecule has 1 saturated heterocycles. The molecule has 0 bridgehead atoms. The van der Waals surface area contributed by atoms with E-state index in [1.165, 1.54) is 0 Å². The van der Waals surface area contributed by atoms with Crippen LogP contribution < -0.4 is 10.9 Å². The lowest BCUT2D eigenvalue weighted by Crippen LogP contribution is -2.41. The topological polar surface area (TPSA) is 33.3 Å². The van der Waals surface area contributed by atoms with E-state index >= 15 is 0 Å². The number of hydrogen-bond donors (Lipinski definition) is 2. The van der Waals surface area contributed by atoms with Gasteiger partial charge in [-0.15, -0.1) is 0 Å². The van der Waals surface area contributed by atoms with Crippen molar-refractivity contribution in [1.82, 2.24) is 10.9 Å². The summed E-state index contributed by atoms with van der Waals surface area (Å²) >= 11 is 0.668. The van der Waals surface area contributed by atoms with Crippen molar-refractivity contribution in [1.29, 1.82) is 0 Å². The normalized spacial score (nSPS) is 33.6. The Kier molecular flexibility index (Phi) is 3.70. The molecular weight excluding hydrogens is 253 g/mol. The first-order valence-electron chi connectivity index (χ1n) is 5.23. The molecule has 0 radical (unpaired) electrons. The molecule has 96 valence electrons. The second kappa shape index (κ2) is 4.91. The van der Waals surface area contributed by atoms with Crippen molar-refractivity contribution >= 4 is 11.8 Å². The van der Waals surface area contributed by atoms with E-state index in [0.717, 1.165) is 6.42 Å². The molecule has 17 heavy (non-hydrogen) atoms. The molecule has 3 atom stereocenters. The van der Waals surface area contributed by atoms with Crippen LogP contribution in [0.4, 0.5) is 13.2 Å². The quantitative estimate of drug-likeness (QED) is 0.804. The van der Waals surface area contributed by atoms with Crippen LogP contribution in [-0.2, 0) is 4.74 Å². The summed E-state index contributed by atoms with van der Waals surface area (Å²) in [6, 6.07) is 0. The van der Waals surface area contributed by atoms with E-state index in [2.05, 4.69) is 17.8 Å². The van der Waals surface area contributed by atoms with E-state index in [1.54, 1.807) is 6.08 Å². The number of thioether (sulfide) groups is 1. The lowest BCUT2D eigenvalue weighted by atomic mass is 10.0. The lowest BCUT2D eigenvalue weighted by molar-refractivity contribution is -0.134. The van der Waals surface area contributed by atoms with Gasteiger partial charge in [-0.25, -0.2) is 10.9 Å². The number of allylic oxidation sites excluding steroid dienone is 3. The van der Waals surface area contributed by atoms with Crippen molar-refractivity contribution in [3.05, 3.63) is 24.0 Å². The van der Waals surface area contributed by atoms with Crippen LogP contribution >= 0.6 is 11.8 Å². The highest BCUT2D eigenvalue weighted by molar-refractivity contribution is 8.00. The highest BCUT2D eigenvalue weighted by atomic mass is 32.2. The van der Waals surface area contributed by atoms with E-state index in [-0.39, 0.29) is 0 Å². The molecule has 3 unspecified atom stereocenters. The maximum Gasteiger partial charge on any atom is 0.414 e. The predicted molar refractivity (Wildman–Crippen MR) is 59.6 cm³/mol. The third kappa shape index (κ3) is 3.40. The van der Waals surface area contributed by atoms with Crippen LogP contribution in [0.25, 0.3) is 0 Å². The Morgan fingerprint density at radius 2 is 2.18 bits per heavy atom. The molecule has 0 spiro atoms. The van der Waals surface area contributed by atoms with Crippen molar-refractivity contribution in [2.75, 3.05) is 0 Å². The average molecular weight is 266 g/mol. The maximum atomic E-state index is 12.4. The van der Waals surface area contributed by atoms with Gasteiger partial charge in [0.2, 0.25) is 5.56 Å². The zero-order chi connectivity index (χ0) is 12.5. The Balaban J connectivity index is 1.85. The summed E-state index contributed by atoms with van der Waals surface area (Å²) in [5.74, 6) is 1.06. The van der Waals surface area contributed by atoms with Crippen molar-refractivity contribution in [3.63, 3.8) is 0 Å². The molecule has 1 heterocycles. The molecule has 2 N–H and O–H groups in total. The minimum absolute atomic E-state index is 0.451. The number of ether oxygens (including phenoxy) is 1. The highest BCUT2D eigenvalue weighted by Gasteiger charge is 2.46. The van der Waals surface area contributed by atoms with Crippen LogP contribution in [0.2, 0.25) is 0 Å². The first-order valence-corrected chi connectivity index (χ1v) is 6.17. The predicted octanol–water partition coefficient (Wildman–Crippen LogP) is 2.50. The molecule has 2 aliphatic rings. The Morgan fingerprint density at radius 1 is 1.41 bits per heavy atom. The molecule has 1 aliphatic carbocycles. The van der Waals surface area contributed by atoms with Crippen LogP contribution in [0.3, 0.4) is 0 Å². The summed E-state index contributed by atoms with van der Waals surface area (Å²) in [6.45, 7) is 2.06. The average Bonchev–Trinajstić information content (AvgIpc) is 2.69. The van der Waals surface area contributed by atoms with Crippen molar-refractivity contribution in [2.45, 2.75) is 30.5 Å². The molecule has 0 aromatic rings. The van der Waals surface area contributed by atoms with Crippen LogP contribution in [0, 0.1) is 5.92 Å². The smallest absolute Gasteiger partial charge is 0.414 e. The molecular formula is C10H13F3N2OS. The Morgan fingerprint density at radius 3 is 2.71 bits per heavy atom. The number of halogens is 3. The van der Waals surface area contributed by atoms with Gasteiger partial charge in [-0.05, 0) is 24.5 Å².